The lowest BCUT2D eigenvalue weighted by Crippen LogP contribution is -2.32. The van der Waals surface area contributed by atoms with Gasteiger partial charge in [0.25, 0.3) is 5.91 Å². The van der Waals surface area contributed by atoms with E-state index in [1.54, 1.807) is 24.3 Å². The van der Waals surface area contributed by atoms with Gasteiger partial charge in [-0.05, 0) is 42.0 Å². The Morgan fingerprint density at radius 3 is 2.28 bits per heavy atom. The van der Waals surface area contributed by atoms with E-state index in [1.807, 2.05) is 30.3 Å². The third-order valence-corrected chi connectivity index (χ3v) is 3.98. The summed E-state index contributed by atoms with van der Waals surface area (Å²) in [5.41, 5.74) is 1.38. The third kappa shape index (κ3) is 5.87. The van der Waals surface area contributed by atoms with Gasteiger partial charge in [-0.2, -0.15) is 0 Å². The van der Waals surface area contributed by atoms with Gasteiger partial charge in [-0.3, -0.25) is 9.59 Å². The number of nitrogens with one attached hydrogen (secondary N) is 2. The van der Waals surface area contributed by atoms with Crippen molar-refractivity contribution in [2.45, 2.75) is 6.61 Å². The molecule has 0 saturated heterocycles. The van der Waals surface area contributed by atoms with E-state index in [0.29, 0.717) is 12.2 Å². The molecule has 2 N–H and O–H groups in total. The lowest BCUT2D eigenvalue weighted by atomic mass is 10.1. The minimum Gasteiger partial charge on any atom is -0.489 e. The highest BCUT2D eigenvalue weighted by Gasteiger charge is 2.10. The van der Waals surface area contributed by atoms with Crippen LogP contribution in [0.1, 0.15) is 15.9 Å². The van der Waals surface area contributed by atoms with E-state index in [-0.39, 0.29) is 12.2 Å². The first kappa shape index (κ1) is 20.0. The highest BCUT2D eigenvalue weighted by molar-refractivity contribution is 5.99. The summed E-state index contributed by atoms with van der Waals surface area (Å²) in [6, 6.07) is 19.2. The summed E-state index contributed by atoms with van der Waals surface area (Å²) in [6.45, 7) is 0.0548. The Morgan fingerprint density at radius 2 is 1.59 bits per heavy atom. The van der Waals surface area contributed by atoms with Crippen molar-refractivity contribution in [2.75, 3.05) is 11.9 Å². The Morgan fingerprint density at radius 1 is 0.862 bits per heavy atom. The number of carbonyl (C=O) groups excluding carboxylic acids is 2. The van der Waals surface area contributed by atoms with Crippen molar-refractivity contribution in [3.63, 3.8) is 0 Å². The number of benzene rings is 3. The second-order valence-corrected chi connectivity index (χ2v) is 6.16. The fourth-order valence-electron chi connectivity index (χ4n) is 2.48. The maximum atomic E-state index is 13.1. The summed E-state index contributed by atoms with van der Waals surface area (Å²) in [5.74, 6) is -2.31. The molecular formula is C22H18F2N2O3. The monoisotopic (exact) mass is 396 g/mol. The summed E-state index contributed by atoms with van der Waals surface area (Å²) in [4.78, 5) is 24.0. The average Bonchev–Trinajstić information content (AvgIpc) is 2.74. The van der Waals surface area contributed by atoms with Gasteiger partial charge >= 0.3 is 0 Å². The summed E-state index contributed by atoms with van der Waals surface area (Å²) >= 11 is 0. The van der Waals surface area contributed by atoms with Gasteiger partial charge in [-0.1, -0.05) is 30.3 Å². The number of hydrogen-bond donors (Lipinski definition) is 2. The van der Waals surface area contributed by atoms with Crippen molar-refractivity contribution >= 4 is 17.5 Å². The van der Waals surface area contributed by atoms with Crippen molar-refractivity contribution in [2.24, 2.45) is 0 Å². The van der Waals surface area contributed by atoms with Gasteiger partial charge in [-0.25, -0.2) is 8.78 Å². The standard InChI is InChI=1S/C22H18F2N2O3/c23-19-11-10-17(12-20(19)24)26-21(27)13-25-22(28)16-8-6-15(7-9-16)14-29-18-4-2-1-3-5-18/h1-12H,13-14H2,(H,25,28)(H,26,27). The maximum Gasteiger partial charge on any atom is 0.251 e. The number of carbonyl (C=O) groups is 2. The Hall–Kier alpha value is -3.74. The molecule has 0 aromatic heterocycles. The number of anilines is 1. The highest BCUT2D eigenvalue weighted by Crippen LogP contribution is 2.13. The quantitative estimate of drug-likeness (QED) is 0.636. The van der Waals surface area contributed by atoms with Crippen LogP contribution in [-0.2, 0) is 11.4 Å². The van der Waals surface area contributed by atoms with E-state index < -0.39 is 23.4 Å². The molecule has 3 aromatic carbocycles. The number of ether oxygens (including phenoxy) is 1. The highest BCUT2D eigenvalue weighted by atomic mass is 19.2. The van der Waals surface area contributed by atoms with Gasteiger partial charge in [0, 0.05) is 17.3 Å². The molecule has 0 saturated carbocycles. The van der Waals surface area contributed by atoms with Crippen LogP contribution in [-0.4, -0.2) is 18.4 Å². The molecule has 0 aliphatic rings. The predicted octanol–water partition coefficient (Wildman–Crippen LogP) is 3.91. The molecule has 2 amide bonds. The van der Waals surface area contributed by atoms with Crippen LogP contribution >= 0.6 is 0 Å². The number of rotatable bonds is 7. The molecule has 29 heavy (non-hydrogen) atoms. The zero-order valence-corrected chi connectivity index (χ0v) is 15.3. The van der Waals surface area contributed by atoms with Crippen molar-refractivity contribution < 1.29 is 23.1 Å². The minimum atomic E-state index is -1.07. The molecule has 0 radical (unpaired) electrons. The van der Waals surface area contributed by atoms with Crippen molar-refractivity contribution in [1.29, 1.82) is 0 Å². The molecule has 0 aliphatic carbocycles. The fourth-order valence-corrected chi connectivity index (χ4v) is 2.48. The molecule has 0 aliphatic heterocycles. The van der Waals surface area contributed by atoms with E-state index in [4.69, 9.17) is 4.74 Å². The van der Waals surface area contributed by atoms with Crippen LogP contribution in [0, 0.1) is 11.6 Å². The third-order valence-electron chi connectivity index (χ3n) is 3.98. The van der Waals surface area contributed by atoms with Gasteiger partial charge in [0.05, 0.1) is 6.54 Å². The van der Waals surface area contributed by atoms with Crippen LogP contribution in [0.4, 0.5) is 14.5 Å². The van der Waals surface area contributed by atoms with E-state index >= 15 is 0 Å². The van der Waals surface area contributed by atoms with E-state index in [9.17, 15) is 18.4 Å². The summed E-state index contributed by atoms with van der Waals surface area (Å²) in [6.07, 6.45) is 0. The predicted molar refractivity (Wildman–Crippen MR) is 105 cm³/mol. The van der Waals surface area contributed by atoms with Crippen LogP contribution in [0.2, 0.25) is 0 Å². The van der Waals surface area contributed by atoms with Gasteiger partial charge in [0.1, 0.15) is 12.4 Å². The average molecular weight is 396 g/mol. The largest absolute Gasteiger partial charge is 0.489 e. The minimum absolute atomic E-state index is 0.103. The first-order chi connectivity index (χ1) is 14.0. The summed E-state index contributed by atoms with van der Waals surface area (Å²) in [5, 5.41) is 4.85. The van der Waals surface area contributed by atoms with Gasteiger partial charge in [0.15, 0.2) is 11.6 Å². The molecule has 0 unspecified atom stereocenters. The Kier molecular flexibility index (Phi) is 6.52. The lowest BCUT2D eigenvalue weighted by molar-refractivity contribution is -0.115. The van der Waals surface area contributed by atoms with Crippen molar-refractivity contribution in [1.82, 2.24) is 5.32 Å². The maximum absolute atomic E-state index is 13.1. The molecule has 5 nitrogen and oxygen atoms in total. The first-order valence-corrected chi connectivity index (χ1v) is 8.81. The second-order valence-electron chi connectivity index (χ2n) is 6.16. The SMILES string of the molecule is O=C(CNC(=O)c1ccc(COc2ccccc2)cc1)Nc1ccc(F)c(F)c1. The first-order valence-electron chi connectivity index (χ1n) is 8.81. The molecule has 0 fully saturated rings. The van der Waals surface area contributed by atoms with E-state index in [1.165, 1.54) is 6.07 Å². The Balaban J connectivity index is 1.47. The van der Waals surface area contributed by atoms with E-state index in [2.05, 4.69) is 10.6 Å². The van der Waals surface area contributed by atoms with Crippen LogP contribution in [0.25, 0.3) is 0 Å². The normalized spacial score (nSPS) is 10.3. The molecule has 0 heterocycles. The zero-order chi connectivity index (χ0) is 20.6. The van der Waals surface area contributed by atoms with Crippen LogP contribution < -0.4 is 15.4 Å². The van der Waals surface area contributed by atoms with E-state index in [0.717, 1.165) is 23.4 Å². The number of para-hydroxylation sites is 1. The number of hydrogen-bond acceptors (Lipinski definition) is 3. The zero-order valence-electron chi connectivity index (χ0n) is 15.3. The van der Waals surface area contributed by atoms with Crippen LogP contribution in [0.3, 0.4) is 0 Å². The van der Waals surface area contributed by atoms with Crippen LogP contribution in [0.15, 0.2) is 72.8 Å². The molecule has 0 spiro atoms. The topological polar surface area (TPSA) is 67.4 Å². The molecule has 7 heteroatoms. The molecule has 0 bridgehead atoms. The molecular weight excluding hydrogens is 378 g/mol. The molecule has 3 rings (SSSR count). The molecule has 3 aromatic rings. The van der Waals surface area contributed by atoms with Crippen molar-refractivity contribution in [3.8, 4) is 5.75 Å². The van der Waals surface area contributed by atoms with Crippen molar-refractivity contribution in [3.05, 3.63) is 95.6 Å². The molecule has 0 atom stereocenters. The smallest absolute Gasteiger partial charge is 0.251 e. The summed E-state index contributed by atoms with van der Waals surface area (Å²) < 4.78 is 31.7. The van der Waals surface area contributed by atoms with Gasteiger partial charge in [0.2, 0.25) is 5.91 Å². The fraction of sp³-hybridized carbons (Fsp3) is 0.0909. The van der Waals surface area contributed by atoms with Crippen LogP contribution in [0.5, 0.6) is 5.75 Å². The number of halogens is 2. The Bertz CT molecular complexity index is 993. The molecule has 148 valence electrons. The second kappa shape index (κ2) is 9.45. The van der Waals surface area contributed by atoms with Gasteiger partial charge < -0.3 is 15.4 Å². The number of amides is 2. The summed E-state index contributed by atoms with van der Waals surface area (Å²) in [7, 11) is 0. The Labute approximate surface area is 166 Å². The van der Waals surface area contributed by atoms with Gasteiger partial charge in [-0.15, -0.1) is 0 Å². The lowest BCUT2D eigenvalue weighted by Gasteiger charge is -2.09.